The highest BCUT2D eigenvalue weighted by atomic mass is 79.9. The van der Waals surface area contributed by atoms with E-state index >= 15 is 0 Å². The van der Waals surface area contributed by atoms with Crippen molar-refractivity contribution in [2.45, 2.75) is 71.4 Å². The largest absolute Gasteiger partial charge is 0.466 e. The first-order valence-corrected chi connectivity index (χ1v) is 15.8. The molecule has 0 unspecified atom stereocenters. The molecule has 1 fully saturated rings. The van der Waals surface area contributed by atoms with Gasteiger partial charge in [0.2, 0.25) is 0 Å². The number of tetrazole rings is 1. The summed E-state index contributed by atoms with van der Waals surface area (Å²) in [6.07, 6.45) is -4.23. The van der Waals surface area contributed by atoms with Gasteiger partial charge in [-0.15, -0.1) is 5.10 Å². The highest BCUT2D eigenvalue weighted by Crippen LogP contribution is 2.37. The Labute approximate surface area is 271 Å². The fourth-order valence-electron chi connectivity index (χ4n) is 5.76. The normalized spacial score (nSPS) is 17.2. The van der Waals surface area contributed by atoms with E-state index in [9.17, 15) is 31.1 Å². The maximum atomic E-state index is 13.6. The fourth-order valence-corrected chi connectivity index (χ4v) is 6.14. The molecule has 0 atom stereocenters. The van der Waals surface area contributed by atoms with E-state index in [2.05, 4.69) is 41.2 Å². The number of esters is 1. The molecule has 4 rings (SSSR count). The zero-order valence-electron chi connectivity index (χ0n) is 25.7. The number of nitrogens with zero attached hydrogens (tertiary/aromatic N) is 7. The Bertz CT molecular complexity index is 1440. The van der Waals surface area contributed by atoms with E-state index in [0.29, 0.717) is 60.0 Å². The van der Waals surface area contributed by atoms with E-state index in [1.54, 1.807) is 13.1 Å². The molecule has 1 aromatic carbocycles. The minimum Gasteiger partial charge on any atom is -0.466 e. The number of aryl methyl sites for hydroxylation is 1. The summed E-state index contributed by atoms with van der Waals surface area (Å²) in [5.74, 6) is 1.12. The first-order valence-electron chi connectivity index (χ1n) is 15.0. The molecule has 0 spiro atoms. The molecule has 0 aliphatic heterocycles. The van der Waals surface area contributed by atoms with Crippen molar-refractivity contribution >= 4 is 33.7 Å². The Morgan fingerprint density at radius 3 is 2.13 bits per heavy atom. The zero-order valence-corrected chi connectivity index (χ0v) is 27.3. The molecule has 252 valence electrons. The summed E-state index contributed by atoms with van der Waals surface area (Å²) in [4.78, 5) is 21.4. The lowest BCUT2D eigenvalue weighted by Gasteiger charge is -2.34. The molecule has 1 aliphatic rings. The first kappa shape index (κ1) is 35.4. The van der Waals surface area contributed by atoms with E-state index in [1.807, 2.05) is 13.0 Å². The minimum absolute atomic E-state index is 0.0217. The number of ether oxygens (including phenoxy) is 1. The molecule has 0 bridgehead atoms. The van der Waals surface area contributed by atoms with Gasteiger partial charge in [-0.1, -0.05) is 5.10 Å². The minimum atomic E-state index is -4.98. The Hall–Kier alpha value is -3.43. The summed E-state index contributed by atoms with van der Waals surface area (Å²) in [6.45, 7) is 5.10. The Kier molecular flexibility index (Phi) is 11.5. The lowest BCUT2D eigenvalue weighted by molar-refractivity contribution is -0.145. The van der Waals surface area contributed by atoms with Crippen molar-refractivity contribution in [2.75, 3.05) is 29.5 Å². The van der Waals surface area contributed by atoms with Crippen LogP contribution in [0.1, 0.15) is 68.2 Å². The average Bonchev–Trinajstić information content (AvgIpc) is 3.42. The standard InChI is InChI=1S/C30H36BrF6N7O2/c1-4-43(16-20-8-6-19(7-9-20)12-26(45)46-5-2)27-22(13-25(31)15-38-27)18-44(28-39-41-42(3)40-28)17-21-10-23(29(32,33)34)14-24(11-21)30(35,36)37/h10-11,13-15,19-20H,4-9,12,16-18H2,1-3H3/t19-,20-. The van der Waals surface area contributed by atoms with Gasteiger partial charge in [-0.3, -0.25) is 4.79 Å². The van der Waals surface area contributed by atoms with Crippen LogP contribution in [0, 0.1) is 11.8 Å². The number of carbonyl (C=O) groups is 1. The molecule has 1 saturated carbocycles. The smallest absolute Gasteiger partial charge is 0.416 e. The van der Waals surface area contributed by atoms with Gasteiger partial charge >= 0.3 is 18.3 Å². The summed E-state index contributed by atoms with van der Waals surface area (Å²) in [6, 6.07) is 3.33. The lowest BCUT2D eigenvalue weighted by Crippen LogP contribution is -2.34. The van der Waals surface area contributed by atoms with Gasteiger partial charge in [0.15, 0.2) is 0 Å². The molecule has 0 saturated heterocycles. The highest BCUT2D eigenvalue weighted by Gasteiger charge is 2.37. The topological polar surface area (TPSA) is 89.3 Å². The maximum Gasteiger partial charge on any atom is 0.416 e. The SMILES string of the molecule is CCOC(=O)C[C@H]1CC[C@H](CN(CC)c2ncc(Br)cc2CN(Cc2cc(C(F)(F)F)cc(C(F)(F)F)c2)c2nnn(C)n2)CC1. The number of halogens is 7. The number of alkyl halides is 6. The van der Waals surface area contributed by atoms with Crippen LogP contribution >= 0.6 is 15.9 Å². The van der Waals surface area contributed by atoms with Crippen molar-refractivity contribution in [3.05, 3.63) is 57.2 Å². The summed E-state index contributed by atoms with van der Waals surface area (Å²) in [5.41, 5.74) is -2.35. The van der Waals surface area contributed by atoms with Gasteiger partial charge in [-0.2, -0.15) is 31.1 Å². The van der Waals surface area contributed by atoms with Crippen LogP contribution in [0.25, 0.3) is 0 Å². The van der Waals surface area contributed by atoms with Gasteiger partial charge in [0.1, 0.15) is 5.82 Å². The van der Waals surface area contributed by atoms with Crippen LogP contribution in [-0.4, -0.2) is 50.9 Å². The molecule has 0 radical (unpaired) electrons. The van der Waals surface area contributed by atoms with E-state index in [-0.39, 0.29) is 42.6 Å². The molecular weight excluding hydrogens is 684 g/mol. The number of benzene rings is 1. The molecule has 46 heavy (non-hydrogen) atoms. The second kappa shape index (κ2) is 15.0. The molecule has 16 heteroatoms. The average molecular weight is 721 g/mol. The Balaban J connectivity index is 1.60. The molecule has 9 nitrogen and oxygen atoms in total. The molecule has 0 amide bonds. The van der Waals surface area contributed by atoms with Gasteiger partial charge < -0.3 is 14.5 Å². The van der Waals surface area contributed by atoms with Crippen LogP contribution in [0.3, 0.4) is 0 Å². The second-order valence-electron chi connectivity index (χ2n) is 11.4. The summed E-state index contributed by atoms with van der Waals surface area (Å²) in [5, 5.41) is 12.0. The van der Waals surface area contributed by atoms with E-state index in [4.69, 9.17) is 4.74 Å². The Morgan fingerprint density at radius 1 is 0.957 bits per heavy atom. The van der Waals surface area contributed by atoms with Crippen molar-refractivity contribution in [1.82, 2.24) is 25.2 Å². The number of hydrogen-bond acceptors (Lipinski definition) is 8. The van der Waals surface area contributed by atoms with Crippen LogP contribution in [0.5, 0.6) is 0 Å². The number of hydrogen-bond donors (Lipinski definition) is 0. The van der Waals surface area contributed by atoms with Gasteiger partial charge in [-0.05, 0) is 102 Å². The first-order chi connectivity index (χ1) is 21.7. The van der Waals surface area contributed by atoms with Gasteiger partial charge in [0, 0.05) is 42.3 Å². The van der Waals surface area contributed by atoms with Crippen molar-refractivity contribution in [1.29, 1.82) is 0 Å². The monoisotopic (exact) mass is 719 g/mol. The van der Waals surface area contributed by atoms with Crippen LogP contribution in [0.2, 0.25) is 0 Å². The molecular formula is C30H36BrF6N7O2. The predicted octanol–water partition coefficient (Wildman–Crippen LogP) is 7.20. The highest BCUT2D eigenvalue weighted by molar-refractivity contribution is 9.10. The summed E-state index contributed by atoms with van der Waals surface area (Å²) in [7, 11) is 1.51. The summed E-state index contributed by atoms with van der Waals surface area (Å²) >= 11 is 3.45. The van der Waals surface area contributed by atoms with Crippen molar-refractivity contribution in [3.63, 3.8) is 0 Å². The molecule has 3 aromatic rings. The van der Waals surface area contributed by atoms with Crippen LogP contribution in [0.15, 0.2) is 34.9 Å². The lowest BCUT2D eigenvalue weighted by atomic mass is 9.80. The van der Waals surface area contributed by atoms with E-state index < -0.39 is 23.5 Å². The second-order valence-corrected chi connectivity index (χ2v) is 12.3. The van der Waals surface area contributed by atoms with Crippen LogP contribution in [-0.2, 0) is 42.0 Å². The number of anilines is 2. The zero-order chi connectivity index (χ0) is 33.6. The number of carbonyl (C=O) groups excluding carboxylic acids is 1. The quantitative estimate of drug-likeness (QED) is 0.144. The van der Waals surface area contributed by atoms with Crippen molar-refractivity contribution in [3.8, 4) is 0 Å². The molecule has 1 aliphatic carbocycles. The van der Waals surface area contributed by atoms with Crippen molar-refractivity contribution < 1.29 is 35.9 Å². The van der Waals surface area contributed by atoms with E-state index in [0.717, 1.165) is 30.5 Å². The van der Waals surface area contributed by atoms with Gasteiger partial charge in [0.25, 0.3) is 5.95 Å². The third kappa shape index (κ3) is 9.55. The number of aromatic nitrogens is 5. The maximum absolute atomic E-state index is 13.6. The summed E-state index contributed by atoms with van der Waals surface area (Å²) < 4.78 is 87.4. The fraction of sp³-hybridized carbons (Fsp3) is 0.567. The molecule has 0 N–H and O–H groups in total. The molecule has 2 aromatic heterocycles. The third-order valence-electron chi connectivity index (χ3n) is 7.96. The van der Waals surface area contributed by atoms with Crippen LogP contribution in [0.4, 0.5) is 38.1 Å². The van der Waals surface area contributed by atoms with Crippen molar-refractivity contribution in [2.24, 2.45) is 18.9 Å². The molecule has 2 heterocycles. The predicted molar refractivity (Wildman–Crippen MR) is 162 cm³/mol. The van der Waals surface area contributed by atoms with E-state index in [1.165, 1.54) is 11.9 Å². The Morgan fingerprint density at radius 2 is 1.59 bits per heavy atom. The third-order valence-corrected chi connectivity index (χ3v) is 8.39. The number of pyridine rings is 1. The number of rotatable bonds is 12. The van der Waals surface area contributed by atoms with Gasteiger partial charge in [0.05, 0.1) is 31.3 Å². The van der Waals surface area contributed by atoms with Crippen LogP contribution < -0.4 is 9.80 Å². The van der Waals surface area contributed by atoms with Gasteiger partial charge in [-0.25, -0.2) is 4.98 Å².